The molecule has 1 heterocycles. The number of nitrogens with zero attached hydrogens (tertiary/aromatic N) is 1. The van der Waals surface area contributed by atoms with Crippen molar-refractivity contribution in [3.8, 4) is 0 Å². The number of aryl methyl sites for hydroxylation is 1. The molecule has 0 unspecified atom stereocenters. The summed E-state index contributed by atoms with van der Waals surface area (Å²) in [7, 11) is -1.36. The van der Waals surface area contributed by atoms with Crippen LogP contribution in [-0.4, -0.2) is 17.2 Å². The Morgan fingerprint density at radius 2 is 1.29 bits per heavy atom. The van der Waals surface area contributed by atoms with Crippen molar-refractivity contribution < 1.29 is 14.6 Å². The second kappa shape index (κ2) is 11.8. The Labute approximate surface area is 130 Å². The molecule has 1 aromatic rings. The lowest BCUT2D eigenvalue weighted by Gasteiger charge is -2.02. The van der Waals surface area contributed by atoms with Crippen LogP contribution in [0.25, 0.3) is 0 Å². The van der Waals surface area contributed by atoms with Crippen LogP contribution in [0.1, 0.15) is 71.1 Å². The topological polar surface area (TPSA) is 44.3 Å². The minimum atomic E-state index is -1.36. The SMILES string of the molecule is CCCCCCCCCCCC[n+]1ccc(B(O)O)cc1. The zero-order valence-corrected chi connectivity index (χ0v) is 13.5. The van der Waals surface area contributed by atoms with E-state index >= 15 is 0 Å². The zero-order valence-electron chi connectivity index (χ0n) is 13.5. The number of unbranched alkanes of at least 4 members (excludes halogenated alkanes) is 9. The number of aromatic nitrogens is 1. The first-order chi connectivity index (χ1) is 10.2. The third-order valence-electron chi connectivity index (χ3n) is 3.98. The minimum Gasteiger partial charge on any atom is -0.423 e. The highest BCUT2D eigenvalue weighted by atomic mass is 16.4. The quantitative estimate of drug-likeness (QED) is 0.353. The van der Waals surface area contributed by atoms with Gasteiger partial charge in [0.25, 0.3) is 0 Å². The molecule has 0 bridgehead atoms. The van der Waals surface area contributed by atoms with Crippen molar-refractivity contribution in [1.82, 2.24) is 0 Å². The van der Waals surface area contributed by atoms with Crippen LogP contribution >= 0.6 is 0 Å². The fourth-order valence-corrected chi connectivity index (χ4v) is 2.57. The molecule has 0 spiro atoms. The Balaban J connectivity index is 1.96. The molecular formula is C17H31BNO2+. The molecular weight excluding hydrogens is 261 g/mol. The van der Waals surface area contributed by atoms with E-state index in [2.05, 4.69) is 11.5 Å². The van der Waals surface area contributed by atoms with Crippen LogP contribution in [0.3, 0.4) is 0 Å². The molecule has 4 heteroatoms. The summed E-state index contributed by atoms with van der Waals surface area (Å²) in [5.41, 5.74) is 0.550. The van der Waals surface area contributed by atoms with Crippen molar-refractivity contribution in [3.05, 3.63) is 24.5 Å². The highest BCUT2D eigenvalue weighted by molar-refractivity contribution is 6.58. The average molecular weight is 292 g/mol. The summed E-state index contributed by atoms with van der Waals surface area (Å²) in [6.07, 6.45) is 17.4. The van der Waals surface area contributed by atoms with Crippen molar-refractivity contribution in [2.75, 3.05) is 0 Å². The van der Waals surface area contributed by atoms with Gasteiger partial charge < -0.3 is 10.0 Å². The van der Waals surface area contributed by atoms with Crippen LogP contribution in [0, 0.1) is 0 Å². The Kier molecular flexibility index (Phi) is 10.2. The Morgan fingerprint density at radius 3 is 1.76 bits per heavy atom. The number of hydrogen-bond donors (Lipinski definition) is 2. The van der Waals surface area contributed by atoms with Crippen molar-refractivity contribution in [2.24, 2.45) is 0 Å². The largest absolute Gasteiger partial charge is 0.488 e. The highest BCUT2D eigenvalue weighted by Gasteiger charge is 2.11. The fraction of sp³-hybridized carbons (Fsp3) is 0.706. The molecule has 1 rings (SSSR count). The highest BCUT2D eigenvalue weighted by Crippen LogP contribution is 2.10. The molecule has 0 aliphatic carbocycles. The van der Waals surface area contributed by atoms with Crippen LogP contribution in [0.15, 0.2) is 24.5 Å². The molecule has 118 valence electrons. The normalized spacial score (nSPS) is 10.8. The van der Waals surface area contributed by atoms with E-state index in [0.29, 0.717) is 5.46 Å². The van der Waals surface area contributed by atoms with Crippen molar-refractivity contribution in [1.29, 1.82) is 0 Å². The molecule has 0 saturated carbocycles. The maximum Gasteiger partial charge on any atom is 0.488 e. The summed E-state index contributed by atoms with van der Waals surface area (Å²) in [6, 6.07) is 3.53. The second-order valence-corrected chi connectivity index (χ2v) is 5.92. The first-order valence-electron chi connectivity index (χ1n) is 8.59. The van der Waals surface area contributed by atoms with Crippen molar-refractivity contribution in [3.63, 3.8) is 0 Å². The first kappa shape index (κ1) is 18.2. The Morgan fingerprint density at radius 1 is 0.810 bits per heavy atom. The summed E-state index contributed by atoms with van der Waals surface area (Å²) < 4.78 is 2.11. The van der Waals surface area contributed by atoms with Gasteiger partial charge in [0.05, 0.1) is 0 Å². The summed E-state index contributed by atoms with van der Waals surface area (Å²) in [5.74, 6) is 0. The summed E-state index contributed by atoms with van der Waals surface area (Å²) in [6.45, 7) is 3.27. The monoisotopic (exact) mass is 292 g/mol. The van der Waals surface area contributed by atoms with Gasteiger partial charge in [-0.15, -0.1) is 0 Å². The van der Waals surface area contributed by atoms with Crippen LogP contribution in [0.4, 0.5) is 0 Å². The predicted octanol–water partition coefficient (Wildman–Crippen LogP) is 2.57. The van der Waals surface area contributed by atoms with Gasteiger partial charge in [-0.3, -0.25) is 0 Å². The maximum atomic E-state index is 9.03. The predicted molar refractivity (Wildman–Crippen MR) is 88.3 cm³/mol. The van der Waals surface area contributed by atoms with Crippen LogP contribution in [0.5, 0.6) is 0 Å². The Hall–Kier alpha value is -0.865. The maximum absolute atomic E-state index is 9.03. The van der Waals surface area contributed by atoms with Gasteiger partial charge in [-0.2, -0.15) is 0 Å². The van der Waals surface area contributed by atoms with E-state index in [1.54, 1.807) is 12.1 Å². The molecule has 3 nitrogen and oxygen atoms in total. The summed E-state index contributed by atoms with van der Waals surface area (Å²) in [5, 5.41) is 18.1. The standard InChI is InChI=1S/C17H31BNO2/c1-2-3-4-5-6-7-8-9-10-11-14-19-15-12-17(13-16-19)18(20)21/h12-13,15-16,20-21H,2-11,14H2,1H3/q+1. The smallest absolute Gasteiger partial charge is 0.423 e. The van der Waals surface area contributed by atoms with Gasteiger partial charge in [0.1, 0.15) is 6.54 Å². The van der Waals surface area contributed by atoms with Gasteiger partial charge >= 0.3 is 7.12 Å². The Bertz CT molecular complexity index is 354. The molecule has 0 fully saturated rings. The van der Waals surface area contributed by atoms with E-state index in [9.17, 15) is 0 Å². The third-order valence-corrected chi connectivity index (χ3v) is 3.98. The molecule has 21 heavy (non-hydrogen) atoms. The first-order valence-corrected chi connectivity index (χ1v) is 8.59. The van der Waals surface area contributed by atoms with E-state index in [-0.39, 0.29) is 0 Å². The molecule has 0 aromatic carbocycles. The van der Waals surface area contributed by atoms with Gasteiger partial charge in [-0.25, -0.2) is 4.57 Å². The van der Waals surface area contributed by atoms with Gasteiger partial charge in [-0.1, -0.05) is 58.3 Å². The fourth-order valence-electron chi connectivity index (χ4n) is 2.57. The van der Waals surface area contributed by atoms with Gasteiger partial charge in [0, 0.05) is 18.6 Å². The van der Waals surface area contributed by atoms with E-state index < -0.39 is 7.12 Å². The third kappa shape index (κ3) is 8.89. The number of rotatable bonds is 12. The lowest BCUT2D eigenvalue weighted by molar-refractivity contribution is -0.697. The molecule has 0 radical (unpaired) electrons. The molecule has 1 aromatic heterocycles. The molecule has 0 atom stereocenters. The zero-order chi connectivity index (χ0) is 15.3. The molecule has 0 saturated heterocycles. The summed E-state index contributed by atoms with van der Waals surface area (Å²) in [4.78, 5) is 0. The molecule has 0 aliphatic heterocycles. The minimum absolute atomic E-state index is 0.550. The lowest BCUT2D eigenvalue weighted by Crippen LogP contribution is -2.38. The van der Waals surface area contributed by atoms with Gasteiger partial charge in [0.15, 0.2) is 12.4 Å². The van der Waals surface area contributed by atoms with E-state index in [1.807, 2.05) is 12.4 Å². The molecule has 0 amide bonds. The van der Waals surface area contributed by atoms with Crippen molar-refractivity contribution in [2.45, 2.75) is 77.7 Å². The van der Waals surface area contributed by atoms with Crippen LogP contribution in [-0.2, 0) is 6.54 Å². The van der Waals surface area contributed by atoms with Crippen molar-refractivity contribution >= 4 is 12.6 Å². The van der Waals surface area contributed by atoms with E-state index in [1.165, 1.54) is 64.2 Å². The molecule has 0 aliphatic rings. The van der Waals surface area contributed by atoms with Crippen LogP contribution < -0.4 is 10.0 Å². The lowest BCUT2D eigenvalue weighted by atomic mass is 9.81. The van der Waals surface area contributed by atoms with E-state index in [0.717, 1.165) is 6.54 Å². The molecule has 2 N–H and O–H groups in total. The number of hydrogen-bond acceptors (Lipinski definition) is 2. The summed E-state index contributed by atoms with van der Waals surface area (Å²) >= 11 is 0. The van der Waals surface area contributed by atoms with Crippen LogP contribution in [0.2, 0.25) is 0 Å². The van der Waals surface area contributed by atoms with E-state index in [4.69, 9.17) is 10.0 Å². The second-order valence-electron chi connectivity index (χ2n) is 5.92. The van der Waals surface area contributed by atoms with Gasteiger partial charge in [-0.05, 0) is 11.9 Å². The average Bonchev–Trinajstić information content (AvgIpc) is 2.49. The van der Waals surface area contributed by atoms with Gasteiger partial charge in [0.2, 0.25) is 0 Å². The number of pyridine rings is 1.